The van der Waals surface area contributed by atoms with Gasteiger partial charge in [0, 0.05) is 4.90 Å². The molecule has 0 fully saturated rings. The predicted molar refractivity (Wildman–Crippen MR) is 99.5 cm³/mol. The lowest BCUT2D eigenvalue weighted by atomic mass is 10.2. The summed E-state index contributed by atoms with van der Waals surface area (Å²) >= 11 is 1.59. The summed E-state index contributed by atoms with van der Waals surface area (Å²) in [6.45, 7) is 3.45. The van der Waals surface area contributed by atoms with Crippen LogP contribution >= 0.6 is 11.8 Å². The summed E-state index contributed by atoms with van der Waals surface area (Å²) in [5, 5.41) is 2.73. The number of methoxy groups -OCH3 is 1. The number of carbonyl (C=O) groups is 2. The zero-order valence-electron chi connectivity index (χ0n) is 14.7. The standard InChI is InChI=1S/C19H21NO4S/c1-12-5-10-17(23-3)16(11-12)20-18(21)13(2)24-19(22)14-6-8-15(25-4)9-7-14/h5-11,13H,1-4H3,(H,20,21)/t13-/m1/s1. The third-order valence-corrected chi connectivity index (χ3v) is 4.34. The second-order valence-electron chi connectivity index (χ2n) is 5.47. The second kappa shape index (κ2) is 8.58. The van der Waals surface area contributed by atoms with E-state index < -0.39 is 18.0 Å². The van der Waals surface area contributed by atoms with Crippen LogP contribution in [0.1, 0.15) is 22.8 Å². The van der Waals surface area contributed by atoms with Crippen molar-refractivity contribution in [2.24, 2.45) is 0 Å². The van der Waals surface area contributed by atoms with Crippen LogP contribution in [0.15, 0.2) is 47.4 Å². The van der Waals surface area contributed by atoms with Crippen molar-refractivity contribution >= 4 is 29.3 Å². The first-order valence-corrected chi connectivity index (χ1v) is 8.97. The number of esters is 1. The number of hydrogen-bond acceptors (Lipinski definition) is 5. The van der Waals surface area contributed by atoms with Gasteiger partial charge in [0.05, 0.1) is 18.4 Å². The Labute approximate surface area is 151 Å². The van der Waals surface area contributed by atoms with Crippen molar-refractivity contribution in [3.63, 3.8) is 0 Å². The van der Waals surface area contributed by atoms with E-state index in [-0.39, 0.29) is 0 Å². The van der Waals surface area contributed by atoms with Crippen molar-refractivity contribution in [2.45, 2.75) is 24.8 Å². The van der Waals surface area contributed by atoms with E-state index in [1.165, 1.54) is 14.0 Å². The highest BCUT2D eigenvalue weighted by molar-refractivity contribution is 7.98. The molecule has 0 aromatic heterocycles. The zero-order chi connectivity index (χ0) is 18.4. The fourth-order valence-electron chi connectivity index (χ4n) is 2.16. The first-order chi connectivity index (χ1) is 11.9. The fourth-order valence-corrected chi connectivity index (χ4v) is 2.57. The molecule has 0 saturated heterocycles. The van der Waals surface area contributed by atoms with E-state index in [1.54, 1.807) is 36.0 Å². The van der Waals surface area contributed by atoms with Crippen molar-refractivity contribution in [3.05, 3.63) is 53.6 Å². The molecule has 0 aliphatic carbocycles. The Hall–Kier alpha value is -2.47. The molecule has 2 aromatic carbocycles. The van der Waals surface area contributed by atoms with Gasteiger partial charge in [0.1, 0.15) is 5.75 Å². The van der Waals surface area contributed by atoms with Crippen molar-refractivity contribution in [1.82, 2.24) is 0 Å². The number of carbonyl (C=O) groups excluding carboxylic acids is 2. The van der Waals surface area contributed by atoms with Gasteiger partial charge < -0.3 is 14.8 Å². The Bertz CT molecular complexity index is 759. The summed E-state index contributed by atoms with van der Waals surface area (Å²) in [6.07, 6.45) is 1.03. The number of hydrogen-bond donors (Lipinski definition) is 1. The third-order valence-electron chi connectivity index (χ3n) is 3.59. The van der Waals surface area contributed by atoms with Gasteiger partial charge in [-0.1, -0.05) is 6.07 Å². The van der Waals surface area contributed by atoms with Gasteiger partial charge in [0.2, 0.25) is 0 Å². The van der Waals surface area contributed by atoms with Gasteiger partial charge in [-0.2, -0.15) is 0 Å². The minimum atomic E-state index is -0.932. The highest BCUT2D eigenvalue weighted by Crippen LogP contribution is 2.25. The number of anilines is 1. The molecule has 6 heteroatoms. The molecule has 0 heterocycles. The molecule has 0 radical (unpaired) electrons. The first kappa shape index (κ1) is 18.9. The molecule has 0 aliphatic heterocycles. The van der Waals surface area contributed by atoms with Crippen LogP contribution in [0.25, 0.3) is 0 Å². The third kappa shape index (κ3) is 5.00. The van der Waals surface area contributed by atoms with Gasteiger partial charge in [0.15, 0.2) is 6.10 Å². The Morgan fingerprint density at radius 1 is 1.12 bits per heavy atom. The van der Waals surface area contributed by atoms with Crippen LogP contribution in [-0.4, -0.2) is 31.3 Å². The number of ether oxygens (including phenoxy) is 2. The van der Waals surface area contributed by atoms with Gasteiger partial charge in [-0.15, -0.1) is 11.8 Å². The van der Waals surface area contributed by atoms with Crippen LogP contribution < -0.4 is 10.1 Å². The first-order valence-electron chi connectivity index (χ1n) is 7.75. The molecule has 0 spiro atoms. The van der Waals surface area contributed by atoms with E-state index >= 15 is 0 Å². The lowest BCUT2D eigenvalue weighted by Crippen LogP contribution is -2.30. The van der Waals surface area contributed by atoms with E-state index in [0.717, 1.165) is 10.5 Å². The molecule has 25 heavy (non-hydrogen) atoms. The van der Waals surface area contributed by atoms with Crippen LogP contribution in [0.2, 0.25) is 0 Å². The molecule has 0 unspecified atom stereocenters. The van der Waals surface area contributed by atoms with Crippen molar-refractivity contribution < 1.29 is 19.1 Å². The molecular formula is C19H21NO4S. The molecular weight excluding hydrogens is 338 g/mol. The molecule has 1 N–H and O–H groups in total. The lowest BCUT2D eigenvalue weighted by Gasteiger charge is -2.15. The number of amides is 1. The predicted octanol–water partition coefficient (Wildman–Crippen LogP) is 3.91. The minimum Gasteiger partial charge on any atom is -0.495 e. The number of thioether (sulfide) groups is 1. The molecule has 2 rings (SSSR count). The maximum absolute atomic E-state index is 12.3. The largest absolute Gasteiger partial charge is 0.495 e. The van der Waals surface area contributed by atoms with Crippen LogP contribution in [-0.2, 0) is 9.53 Å². The van der Waals surface area contributed by atoms with E-state index in [1.807, 2.05) is 31.4 Å². The second-order valence-corrected chi connectivity index (χ2v) is 6.35. The highest BCUT2D eigenvalue weighted by Gasteiger charge is 2.20. The van der Waals surface area contributed by atoms with E-state index in [0.29, 0.717) is 17.0 Å². The molecule has 1 atom stereocenters. The fraction of sp³-hybridized carbons (Fsp3) is 0.263. The zero-order valence-corrected chi connectivity index (χ0v) is 15.5. The Balaban J connectivity index is 2.02. The Kier molecular flexibility index (Phi) is 6.47. The van der Waals surface area contributed by atoms with Crippen LogP contribution in [0.5, 0.6) is 5.75 Å². The summed E-state index contributed by atoms with van der Waals surface area (Å²) in [7, 11) is 1.53. The van der Waals surface area contributed by atoms with Crippen molar-refractivity contribution in [3.8, 4) is 5.75 Å². The number of nitrogens with one attached hydrogen (secondary N) is 1. The summed E-state index contributed by atoms with van der Waals surface area (Å²) in [4.78, 5) is 25.5. The van der Waals surface area contributed by atoms with Gasteiger partial charge >= 0.3 is 5.97 Å². The highest BCUT2D eigenvalue weighted by atomic mass is 32.2. The number of rotatable bonds is 6. The minimum absolute atomic E-state index is 0.408. The maximum Gasteiger partial charge on any atom is 0.338 e. The number of aryl methyl sites for hydroxylation is 1. The molecule has 1 amide bonds. The van der Waals surface area contributed by atoms with Gasteiger partial charge in [0.25, 0.3) is 5.91 Å². The molecule has 2 aromatic rings. The van der Waals surface area contributed by atoms with Gasteiger partial charge in [-0.25, -0.2) is 4.79 Å². The molecule has 0 bridgehead atoms. The van der Waals surface area contributed by atoms with E-state index in [9.17, 15) is 9.59 Å². The topological polar surface area (TPSA) is 64.6 Å². The van der Waals surface area contributed by atoms with Crippen LogP contribution in [0.4, 0.5) is 5.69 Å². The average molecular weight is 359 g/mol. The smallest absolute Gasteiger partial charge is 0.338 e. The Morgan fingerprint density at radius 3 is 2.40 bits per heavy atom. The molecule has 132 valence electrons. The Morgan fingerprint density at radius 2 is 1.80 bits per heavy atom. The molecule has 0 aliphatic rings. The normalized spacial score (nSPS) is 11.5. The lowest BCUT2D eigenvalue weighted by molar-refractivity contribution is -0.123. The quantitative estimate of drug-likeness (QED) is 0.626. The van der Waals surface area contributed by atoms with E-state index in [4.69, 9.17) is 9.47 Å². The number of benzene rings is 2. The van der Waals surface area contributed by atoms with Crippen molar-refractivity contribution in [1.29, 1.82) is 0 Å². The van der Waals surface area contributed by atoms with Crippen LogP contribution in [0, 0.1) is 6.92 Å². The summed E-state index contributed by atoms with van der Waals surface area (Å²) in [6, 6.07) is 12.5. The van der Waals surface area contributed by atoms with Crippen LogP contribution in [0.3, 0.4) is 0 Å². The molecule has 5 nitrogen and oxygen atoms in total. The van der Waals surface area contributed by atoms with Gasteiger partial charge in [-0.3, -0.25) is 4.79 Å². The summed E-state index contributed by atoms with van der Waals surface area (Å²) < 4.78 is 10.5. The average Bonchev–Trinajstić information content (AvgIpc) is 2.61. The molecule has 0 saturated carbocycles. The summed E-state index contributed by atoms with van der Waals surface area (Å²) in [5.41, 5.74) is 1.93. The monoisotopic (exact) mass is 359 g/mol. The SMILES string of the molecule is COc1ccc(C)cc1NC(=O)[C@@H](C)OC(=O)c1ccc(SC)cc1. The van der Waals surface area contributed by atoms with Gasteiger partial charge in [-0.05, 0) is 62.1 Å². The maximum atomic E-state index is 12.3. The van der Waals surface area contributed by atoms with Crippen molar-refractivity contribution in [2.75, 3.05) is 18.7 Å². The van der Waals surface area contributed by atoms with E-state index in [2.05, 4.69) is 5.32 Å². The summed E-state index contributed by atoms with van der Waals surface area (Å²) in [5.74, 6) is -0.408.